The Bertz CT molecular complexity index is 356. The molecule has 0 heterocycles. The molecular weight excluding hydrogens is 208 g/mol. The summed E-state index contributed by atoms with van der Waals surface area (Å²) < 4.78 is 27.7. The first-order valence-electron chi connectivity index (χ1n) is 3.60. The fraction of sp³-hybridized carbons (Fsp3) is 0.250. The molecule has 1 rings (SSSR count). The molecule has 1 aromatic rings. The monoisotopic (exact) mass is 219 g/mol. The standard InChI is InChI=1S/C8H11O3S2/c1-12(2)11-13(9,10)8-6-4-3-5-7-8/h3-7H,1-2H3/q+1. The van der Waals surface area contributed by atoms with Gasteiger partial charge in [0.2, 0.25) is 0 Å². The van der Waals surface area contributed by atoms with Crippen LogP contribution in [0.2, 0.25) is 0 Å². The summed E-state index contributed by atoms with van der Waals surface area (Å²) in [5.41, 5.74) is 0. The second-order valence-corrected chi connectivity index (χ2v) is 5.98. The maximum atomic E-state index is 11.4. The van der Waals surface area contributed by atoms with E-state index in [9.17, 15) is 8.42 Å². The Labute approximate surface area is 81.4 Å². The maximum Gasteiger partial charge on any atom is 0.339 e. The van der Waals surface area contributed by atoms with E-state index in [2.05, 4.69) is 0 Å². The minimum atomic E-state index is -3.55. The van der Waals surface area contributed by atoms with Crippen molar-refractivity contribution in [1.29, 1.82) is 0 Å². The van der Waals surface area contributed by atoms with Crippen molar-refractivity contribution >= 4 is 21.3 Å². The molecule has 0 saturated heterocycles. The molecule has 72 valence electrons. The van der Waals surface area contributed by atoms with Crippen molar-refractivity contribution in [1.82, 2.24) is 0 Å². The van der Waals surface area contributed by atoms with Gasteiger partial charge in [0.1, 0.15) is 12.5 Å². The van der Waals surface area contributed by atoms with E-state index in [1.165, 1.54) is 12.1 Å². The van der Waals surface area contributed by atoms with Crippen molar-refractivity contribution in [2.45, 2.75) is 4.90 Å². The highest BCUT2D eigenvalue weighted by atomic mass is 32.3. The van der Waals surface area contributed by atoms with E-state index in [1.54, 1.807) is 30.7 Å². The molecular formula is C8H11O3S2+. The molecule has 0 aliphatic carbocycles. The summed E-state index contributed by atoms with van der Waals surface area (Å²) in [4.78, 5) is 0.205. The van der Waals surface area contributed by atoms with E-state index in [-0.39, 0.29) is 4.90 Å². The Balaban J connectivity index is 2.96. The first-order chi connectivity index (χ1) is 6.02. The van der Waals surface area contributed by atoms with Crippen LogP contribution in [0.4, 0.5) is 0 Å². The lowest BCUT2D eigenvalue weighted by molar-refractivity contribution is 0.514. The first-order valence-corrected chi connectivity index (χ1v) is 6.97. The van der Waals surface area contributed by atoms with Crippen LogP contribution in [0.1, 0.15) is 0 Å². The van der Waals surface area contributed by atoms with Gasteiger partial charge in [-0.15, -0.1) is 0 Å². The smallest absolute Gasteiger partial charge is 0.190 e. The quantitative estimate of drug-likeness (QED) is 0.717. The summed E-state index contributed by atoms with van der Waals surface area (Å²) in [6.45, 7) is 0. The summed E-state index contributed by atoms with van der Waals surface area (Å²) >= 11 is -0.573. The number of hydrogen-bond donors (Lipinski definition) is 0. The SMILES string of the molecule is C[S+](C)OS(=O)(=O)c1ccccc1. The lowest BCUT2D eigenvalue weighted by Crippen LogP contribution is -2.11. The predicted molar refractivity (Wildman–Crippen MR) is 53.9 cm³/mol. The van der Waals surface area contributed by atoms with E-state index in [4.69, 9.17) is 3.63 Å². The molecule has 0 radical (unpaired) electrons. The average Bonchev–Trinajstić information content (AvgIpc) is 2.04. The van der Waals surface area contributed by atoms with E-state index >= 15 is 0 Å². The van der Waals surface area contributed by atoms with E-state index in [0.29, 0.717) is 0 Å². The zero-order chi connectivity index (χ0) is 9.90. The largest absolute Gasteiger partial charge is 0.339 e. The maximum absolute atomic E-state index is 11.4. The number of benzene rings is 1. The summed E-state index contributed by atoms with van der Waals surface area (Å²) in [5, 5.41) is 0. The second-order valence-electron chi connectivity index (χ2n) is 2.58. The molecule has 0 bridgehead atoms. The predicted octanol–water partition coefficient (Wildman–Crippen LogP) is 1.18. The van der Waals surface area contributed by atoms with Crippen LogP contribution in [0.25, 0.3) is 0 Å². The third kappa shape index (κ3) is 3.02. The van der Waals surface area contributed by atoms with Crippen molar-refractivity contribution < 1.29 is 12.0 Å². The van der Waals surface area contributed by atoms with Gasteiger partial charge in [-0.25, -0.2) is 0 Å². The molecule has 0 aliphatic heterocycles. The Morgan fingerprint density at radius 3 is 2.15 bits per heavy atom. The van der Waals surface area contributed by atoms with Crippen LogP contribution in [0.15, 0.2) is 35.2 Å². The van der Waals surface area contributed by atoms with Gasteiger partial charge in [-0.3, -0.25) is 0 Å². The van der Waals surface area contributed by atoms with Gasteiger partial charge in [-0.05, 0) is 15.8 Å². The molecule has 0 fully saturated rings. The average molecular weight is 219 g/mol. The van der Waals surface area contributed by atoms with E-state index < -0.39 is 21.3 Å². The number of hydrogen-bond acceptors (Lipinski definition) is 3. The van der Waals surface area contributed by atoms with Crippen molar-refractivity contribution in [3.63, 3.8) is 0 Å². The fourth-order valence-corrected chi connectivity index (χ4v) is 3.04. The normalized spacial score (nSPS) is 11.9. The van der Waals surface area contributed by atoms with E-state index in [0.717, 1.165) is 0 Å². The first kappa shape index (κ1) is 10.6. The molecule has 0 aromatic heterocycles. The van der Waals surface area contributed by atoms with Crippen molar-refractivity contribution in [2.75, 3.05) is 12.5 Å². The van der Waals surface area contributed by atoms with Gasteiger partial charge in [0, 0.05) is 0 Å². The Hall–Kier alpha value is -0.520. The molecule has 0 atom stereocenters. The molecule has 0 spiro atoms. The third-order valence-corrected chi connectivity index (χ3v) is 3.91. The van der Waals surface area contributed by atoms with Crippen molar-refractivity contribution in [2.24, 2.45) is 0 Å². The molecule has 0 amide bonds. The molecule has 0 saturated carbocycles. The van der Waals surface area contributed by atoms with Crippen LogP contribution in [0.5, 0.6) is 0 Å². The Morgan fingerprint density at radius 2 is 1.69 bits per heavy atom. The van der Waals surface area contributed by atoms with Gasteiger partial charge in [-0.2, -0.15) is 8.42 Å². The van der Waals surface area contributed by atoms with Gasteiger partial charge < -0.3 is 0 Å². The fourth-order valence-electron chi connectivity index (χ4n) is 0.806. The molecule has 1 aromatic carbocycles. The van der Waals surface area contributed by atoms with Gasteiger partial charge in [0.05, 0.1) is 4.90 Å². The topological polar surface area (TPSA) is 43.4 Å². The van der Waals surface area contributed by atoms with Gasteiger partial charge in [0.15, 0.2) is 11.2 Å². The highest BCUT2D eigenvalue weighted by molar-refractivity contribution is 8.02. The van der Waals surface area contributed by atoms with Crippen LogP contribution >= 0.6 is 0 Å². The molecule has 0 unspecified atom stereocenters. The summed E-state index contributed by atoms with van der Waals surface area (Å²) in [7, 11) is -3.55. The van der Waals surface area contributed by atoms with Crippen LogP contribution in [-0.4, -0.2) is 20.9 Å². The molecule has 0 aliphatic rings. The minimum Gasteiger partial charge on any atom is -0.190 e. The van der Waals surface area contributed by atoms with Gasteiger partial charge in [0.25, 0.3) is 0 Å². The third-order valence-electron chi connectivity index (χ3n) is 1.26. The van der Waals surface area contributed by atoms with Crippen LogP contribution < -0.4 is 0 Å². The van der Waals surface area contributed by atoms with Crippen LogP contribution in [0.3, 0.4) is 0 Å². The lowest BCUT2D eigenvalue weighted by atomic mass is 10.4. The number of rotatable bonds is 3. The highest BCUT2D eigenvalue weighted by Gasteiger charge is 2.22. The zero-order valence-corrected chi connectivity index (χ0v) is 9.06. The Kier molecular flexibility index (Phi) is 3.35. The van der Waals surface area contributed by atoms with E-state index in [1.807, 2.05) is 0 Å². The van der Waals surface area contributed by atoms with Crippen molar-refractivity contribution in [3.8, 4) is 0 Å². The van der Waals surface area contributed by atoms with Crippen molar-refractivity contribution in [3.05, 3.63) is 30.3 Å². The highest BCUT2D eigenvalue weighted by Crippen LogP contribution is 2.13. The van der Waals surface area contributed by atoms with Crippen LogP contribution in [0, 0.1) is 0 Å². The zero-order valence-electron chi connectivity index (χ0n) is 7.43. The molecule has 0 N–H and O–H groups in total. The van der Waals surface area contributed by atoms with Gasteiger partial charge >= 0.3 is 10.1 Å². The summed E-state index contributed by atoms with van der Waals surface area (Å²) in [6, 6.07) is 8.13. The summed E-state index contributed by atoms with van der Waals surface area (Å²) in [6.07, 6.45) is 3.42. The summed E-state index contributed by atoms with van der Waals surface area (Å²) in [5.74, 6) is 0. The van der Waals surface area contributed by atoms with Gasteiger partial charge in [-0.1, -0.05) is 18.2 Å². The minimum absolute atomic E-state index is 0.205. The molecule has 5 heteroatoms. The molecule has 3 nitrogen and oxygen atoms in total. The Morgan fingerprint density at radius 1 is 1.15 bits per heavy atom. The molecule has 13 heavy (non-hydrogen) atoms. The lowest BCUT2D eigenvalue weighted by Gasteiger charge is -1.99. The van der Waals surface area contributed by atoms with Crippen LogP contribution in [-0.2, 0) is 24.9 Å². The second kappa shape index (κ2) is 4.13.